The number of esters is 1. The van der Waals surface area contributed by atoms with Crippen molar-refractivity contribution in [3.63, 3.8) is 0 Å². The van der Waals surface area contributed by atoms with E-state index in [1.807, 2.05) is 4.57 Å². The third-order valence-electron chi connectivity index (χ3n) is 6.94. The first-order valence-corrected chi connectivity index (χ1v) is 13.9. The number of methoxy groups -OCH3 is 1. The Labute approximate surface area is 247 Å². The smallest absolute Gasteiger partial charge is 0.337 e. The zero-order valence-corrected chi connectivity index (χ0v) is 24.0. The summed E-state index contributed by atoms with van der Waals surface area (Å²) >= 11 is 3.28. The van der Waals surface area contributed by atoms with Crippen molar-refractivity contribution in [1.29, 1.82) is 0 Å². The Balaban J connectivity index is 1.27. The number of carbonyl (C=O) groups excluding carboxylic acids is 1. The van der Waals surface area contributed by atoms with E-state index in [2.05, 4.69) is 35.9 Å². The summed E-state index contributed by atoms with van der Waals surface area (Å²) in [6.45, 7) is 1.20. The zero-order chi connectivity index (χ0) is 29.2. The summed E-state index contributed by atoms with van der Waals surface area (Å²) in [5.41, 5.74) is 2.05. The second-order valence-electron chi connectivity index (χ2n) is 9.68. The second-order valence-corrected chi connectivity index (χ2v) is 10.6. The highest BCUT2D eigenvalue weighted by molar-refractivity contribution is 9.10. The van der Waals surface area contributed by atoms with Gasteiger partial charge in [0.2, 0.25) is 5.88 Å². The van der Waals surface area contributed by atoms with Crippen LogP contribution >= 0.6 is 15.9 Å². The summed E-state index contributed by atoms with van der Waals surface area (Å²) < 4.78 is 49.7. The number of imidazole rings is 1. The second kappa shape index (κ2) is 11.9. The molecule has 0 saturated carbocycles. The number of fused-ring (bicyclic) bond motifs is 1. The minimum absolute atomic E-state index is 0.000632. The lowest BCUT2D eigenvalue weighted by molar-refractivity contribution is -0.0589. The molecule has 9 nitrogen and oxygen atoms in total. The highest BCUT2D eigenvalue weighted by Crippen LogP contribution is 2.29. The van der Waals surface area contributed by atoms with Gasteiger partial charge < -0.3 is 18.8 Å². The van der Waals surface area contributed by atoms with Crippen LogP contribution in [0.25, 0.3) is 22.3 Å². The summed E-state index contributed by atoms with van der Waals surface area (Å²) in [5.74, 6) is -0.511. The Morgan fingerprint density at radius 3 is 2.64 bits per heavy atom. The van der Waals surface area contributed by atoms with Crippen molar-refractivity contribution in [2.24, 2.45) is 0 Å². The highest BCUT2D eigenvalue weighted by atomic mass is 79.9. The van der Waals surface area contributed by atoms with E-state index in [1.165, 1.54) is 13.2 Å². The van der Waals surface area contributed by atoms with E-state index in [0.29, 0.717) is 41.4 Å². The van der Waals surface area contributed by atoms with E-state index in [-0.39, 0.29) is 41.8 Å². The molecule has 214 valence electrons. The van der Waals surface area contributed by atoms with E-state index in [9.17, 15) is 4.79 Å². The normalized spacial score (nSPS) is 14.5. The molecule has 42 heavy (non-hydrogen) atoms. The lowest BCUT2D eigenvalue weighted by Gasteiger charge is -2.27. The van der Waals surface area contributed by atoms with Gasteiger partial charge in [0.25, 0.3) is 0 Å². The molecule has 1 atom stereocenters. The van der Waals surface area contributed by atoms with Crippen molar-refractivity contribution in [1.82, 2.24) is 24.5 Å². The maximum atomic E-state index is 15.5. The summed E-state index contributed by atoms with van der Waals surface area (Å²) in [6, 6.07) is 12.2. The van der Waals surface area contributed by atoms with Crippen LogP contribution in [-0.2, 0) is 29.0 Å². The van der Waals surface area contributed by atoms with Gasteiger partial charge in [-0.15, -0.1) is 0 Å². The zero-order valence-electron chi connectivity index (χ0n) is 22.4. The monoisotopic (exact) mass is 635 g/mol. The van der Waals surface area contributed by atoms with Crippen LogP contribution < -0.4 is 4.74 Å². The molecule has 3 aromatic heterocycles. The number of hydrogen-bond acceptors (Lipinski definition) is 8. The van der Waals surface area contributed by atoms with Crippen LogP contribution in [0.1, 0.15) is 34.0 Å². The van der Waals surface area contributed by atoms with Gasteiger partial charge in [0, 0.05) is 37.1 Å². The van der Waals surface area contributed by atoms with E-state index in [4.69, 9.17) is 14.2 Å². The van der Waals surface area contributed by atoms with Crippen molar-refractivity contribution < 1.29 is 27.8 Å². The Bertz CT molecular complexity index is 1780. The largest absolute Gasteiger partial charge is 0.469 e. The lowest BCUT2D eigenvalue weighted by Crippen LogP contribution is -2.31. The molecule has 1 fully saturated rings. The topological polar surface area (TPSA) is 101 Å². The number of pyridine rings is 1. The lowest BCUT2D eigenvalue weighted by atomic mass is 10.0. The molecule has 0 radical (unpaired) electrons. The van der Waals surface area contributed by atoms with Crippen LogP contribution in [0.15, 0.2) is 65.4 Å². The predicted octanol–water partition coefficient (Wildman–Crippen LogP) is 5.67. The van der Waals surface area contributed by atoms with E-state index >= 15 is 8.78 Å². The molecule has 1 aliphatic heterocycles. The number of aromatic nitrogens is 5. The quantitative estimate of drug-likeness (QED) is 0.191. The fourth-order valence-corrected chi connectivity index (χ4v) is 4.88. The van der Waals surface area contributed by atoms with Crippen LogP contribution in [0.4, 0.5) is 8.78 Å². The molecule has 0 unspecified atom stereocenters. The third kappa shape index (κ3) is 5.86. The van der Waals surface area contributed by atoms with Crippen LogP contribution in [0, 0.1) is 11.6 Å². The fraction of sp³-hybridized carbons (Fsp3) is 0.233. The predicted molar refractivity (Wildman–Crippen MR) is 152 cm³/mol. The number of carbonyl (C=O) groups is 1. The Kier molecular flexibility index (Phi) is 7.90. The number of nitrogens with zero attached hydrogens (tertiary/aromatic N) is 5. The number of halogens is 3. The molecule has 0 bridgehead atoms. The molecular formula is C30H24BrF2N5O4. The van der Waals surface area contributed by atoms with Crippen molar-refractivity contribution >= 4 is 32.9 Å². The van der Waals surface area contributed by atoms with Gasteiger partial charge in [-0.2, -0.15) is 0 Å². The van der Waals surface area contributed by atoms with Crippen molar-refractivity contribution in [2.45, 2.75) is 32.1 Å². The first kappa shape index (κ1) is 27.9. The molecule has 1 aliphatic rings. The van der Waals surface area contributed by atoms with Gasteiger partial charge in [0.1, 0.15) is 24.1 Å². The average Bonchev–Trinajstić information content (AvgIpc) is 3.31. The third-order valence-corrected chi connectivity index (χ3v) is 7.34. The number of hydrogen-bond donors (Lipinski definition) is 0. The van der Waals surface area contributed by atoms with Gasteiger partial charge in [0.15, 0.2) is 5.82 Å². The van der Waals surface area contributed by atoms with Gasteiger partial charge in [0.05, 0.1) is 46.5 Å². The van der Waals surface area contributed by atoms with Crippen molar-refractivity contribution in [2.75, 3.05) is 13.7 Å². The molecule has 5 aromatic rings. The number of benzene rings is 2. The van der Waals surface area contributed by atoms with E-state index in [0.717, 1.165) is 17.0 Å². The summed E-state index contributed by atoms with van der Waals surface area (Å²) in [5, 5.41) is 0. The van der Waals surface area contributed by atoms with Gasteiger partial charge in [-0.3, -0.25) is 0 Å². The average molecular weight is 636 g/mol. The number of rotatable bonds is 9. The van der Waals surface area contributed by atoms with Crippen LogP contribution in [0.5, 0.6) is 5.88 Å². The summed E-state index contributed by atoms with van der Waals surface area (Å²) in [6.07, 6.45) is 4.08. The van der Waals surface area contributed by atoms with Gasteiger partial charge in [-0.05, 0) is 64.3 Å². The van der Waals surface area contributed by atoms with E-state index < -0.39 is 17.6 Å². The minimum atomic E-state index is -0.634. The molecular weight excluding hydrogens is 612 g/mol. The van der Waals surface area contributed by atoms with Gasteiger partial charge in [-0.1, -0.05) is 6.07 Å². The summed E-state index contributed by atoms with van der Waals surface area (Å²) in [4.78, 5) is 29.5. The molecule has 1 saturated heterocycles. The standard InChI is InChI=1S/C30H24BrF2N5O4/c1-40-30(39)17-5-6-25-26(10-17)38(15-20-7-8-41-20)28(36-25)11-18-9-23(33)21(12-22(18)32)24-3-2-4-29(37-24)42-16-27-34-13-19(31)14-35-27/h2-6,9-10,12-14,20H,7-8,11,15-16H2,1H3/t20-/m0/s1. The Hall–Kier alpha value is -4.29. The molecule has 4 heterocycles. The Morgan fingerprint density at radius 2 is 1.90 bits per heavy atom. The SMILES string of the molecule is COC(=O)c1ccc2nc(Cc3cc(F)c(-c4cccc(OCc5ncc(Br)cn5)n4)cc3F)n(C[C@@H]3CCO3)c2c1. The highest BCUT2D eigenvalue weighted by Gasteiger charge is 2.24. The minimum Gasteiger partial charge on any atom is -0.469 e. The van der Waals surface area contributed by atoms with Crippen LogP contribution in [0.3, 0.4) is 0 Å². The van der Waals surface area contributed by atoms with Crippen LogP contribution in [0.2, 0.25) is 0 Å². The molecule has 0 N–H and O–H groups in total. The molecule has 0 aliphatic carbocycles. The molecule has 0 amide bonds. The maximum Gasteiger partial charge on any atom is 0.337 e. The first-order chi connectivity index (χ1) is 20.4. The van der Waals surface area contributed by atoms with E-state index in [1.54, 1.807) is 48.8 Å². The molecule has 12 heteroatoms. The number of ether oxygens (including phenoxy) is 3. The maximum absolute atomic E-state index is 15.5. The molecule has 2 aromatic carbocycles. The summed E-state index contributed by atoms with van der Waals surface area (Å²) in [7, 11) is 1.32. The van der Waals surface area contributed by atoms with Crippen molar-refractivity contribution in [3.8, 4) is 17.1 Å². The Morgan fingerprint density at radius 1 is 1.10 bits per heavy atom. The molecule has 0 spiro atoms. The van der Waals surface area contributed by atoms with Crippen molar-refractivity contribution in [3.05, 3.63) is 99.8 Å². The van der Waals surface area contributed by atoms with Gasteiger partial charge in [-0.25, -0.2) is 33.5 Å². The first-order valence-electron chi connectivity index (χ1n) is 13.1. The van der Waals surface area contributed by atoms with Gasteiger partial charge >= 0.3 is 5.97 Å². The molecule has 6 rings (SSSR count). The van der Waals surface area contributed by atoms with Crippen LogP contribution in [-0.4, -0.2) is 50.3 Å². The fourth-order valence-electron chi connectivity index (χ4n) is 4.68.